The summed E-state index contributed by atoms with van der Waals surface area (Å²) in [6.45, 7) is 0.359. The van der Waals surface area contributed by atoms with E-state index in [4.69, 9.17) is 22.1 Å². The van der Waals surface area contributed by atoms with Gasteiger partial charge in [-0.3, -0.25) is 4.79 Å². The normalized spacial score (nSPS) is 10.7. The van der Waals surface area contributed by atoms with Gasteiger partial charge in [0.2, 0.25) is 5.95 Å². The maximum Gasteiger partial charge on any atom is 0.262 e. The Labute approximate surface area is 182 Å². The molecule has 152 valence electrons. The number of hydrogen-bond acceptors (Lipinski definition) is 6. The Bertz CT molecular complexity index is 1160. The van der Waals surface area contributed by atoms with Crippen LogP contribution >= 0.6 is 22.9 Å². The lowest BCUT2D eigenvalue weighted by Crippen LogP contribution is -2.11. The van der Waals surface area contributed by atoms with Crippen LogP contribution in [0.15, 0.2) is 67.0 Å². The van der Waals surface area contributed by atoms with Gasteiger partial charge in [-0.05, 0) is 23.8 Å². The number of nitrogens with two attached hydrogens (primary N) is 1. The SMILES string of the molecule is NC(=O)c1sc(-n2cnc(Nc3ccccc3)n2)cc1OCCc1ccccc1Cl. The summed E-state index contributed by atoms with van der Waals surface area (Å²) < 4.78 is 7.41. The minimum atomic E-state index is -0.554. The number of nitrogens with zero attached hydrogens (tertiary/aromatic N) is 3. The number of hydrogen-bond donors (Lipinski definition) is 2. The number of para-hydroxylation sites is 1. The Hall–Kier alpha value is -3.36. The summed E-state index contributed by atoms with van der Waals surface area (Å²) in [7, 11) is 0. The van der Waals surface area contributed by atoms with E-state index in [1.165, 1.54) is 11.3 Å². The van der Waals surface area contributed by atoms with Crippen LogP contribution in [-0.4, -0.2) is 27.3 Å². The maximum atomic E-state index is 11.9. The predicted molar refractivity (Wildman–Crippen MR) is 118 cm³/mol. The summed E-state index contributed by atoms with van der Waals surface area (Å²) >= 11 is 7.38. The van der Waals surface area contributed by atoms with Crippen molar-refractivity contribution < 1.29 is 9.53 Å². The van der Waals surface area contributed by atoms with Gasteiger partial charge in [0.15, 0.2) is 0 Å². The zero-order chi connectivity index (χ0) is 20.9. The van der Waals surface area contributed by atoms with E-state index in [1.54, 1.807) is 17.1 Å². The fraction of sp³-hybridized carbons (Fsp3) is 0.0952. The molecule has 0 aliphatic carbocycles. The lowest BCUT2D eigenvalue weighted by atomic mass is 10.2. The number of anilines is 2. The fourth-order valence-corrected chi connectivity index (χ4v) is 3.91. The molecular weight excluding hydrogens is 422 g/mol. The smallest absolute Gasteiger partial charge is 0.262 e. The molecule has 0 aliphatic rings. The molecule has 30 heavy (non-hydrogen) atoms. The number of nitrogens with one attached hydrogen (secondary N) is 1. The molecule has 3 N–H and O–H groups in total. The molecule has 0 aliphatic heterocycles. The molecule has 4 rings (SSSR count). The Balaban J connectivity index is 1.48. The average Bonchev–Trinajstić information content (AvgIpc) is 3.37. The van der Waals surface area contributed by atoms with Crippen LogP contribution < -0.4 is 15.8 Å². The molecule has 0 radical (unpaired) electrons. The summed E-state index contributed by atoms with van der Waals surface area (Å²) in [5.74, 6) is 0.306. The van der Waals surface area contributed by atoms with E-state index in [2.05, 4.69) is 15.4 Å². The van der Waals surface area contributed by atoms with Crippen LogP contribution in [0.3, 0.4) is 0 Å². The third-order valence-electron chi connectivity index (χ3n) is 4.24. The molecule has 0 fully saturated rings. The van der Waals surface area contributed by atoms with Crippen LogP contribution in [0.5, 0.6) is 5.75 Å². The number of rotatable bonds is 8. The van der Waals surface area contributed by atoms with Gasteiger partial charge in [-0.1, -0.05) is 48.0 Å². The molecule has 0 spiro atoms. The second-order valence-corrected chi connectivity index (χ2v) is 7.77. The predicted octanol–water partition coefficient (Wildman–Crippen LogP) is 4.45. The van der Waals surface area contributed by atoms with E-state index in [1.807, 2.05) is 54.6 Å². The maximum absolute atomic E-state index is 11.9. The van der Waals surface area contributed by atoms with Gasteiger partial charge in [0.25, 0.3) is 5.91 Å². The molecule has 9 heteroatoms. The first-order valence-electron chi connectivity index (χ1n) is 9.14. The van der Waals surface area contributed by atoms with Crippen molar-refractivity contribution in [1.29, 1.82) is 0 Å². The molecule has 0 bridgehead atoms. The van der Waals surface area contributed by atoms with Crippen molar-refractivity contribution in [2.45, 2.75) is 6.42 Å². The van der Waals surface area contributed by atoms with Crippen molar-refractivity contribution >= 4 is 40.5 Å². The highest BCUT2D eigenvalue weighted by molar-refractivity contribution is 7.16. The first-order valence-corrected chi connectivity index (χ1v) is 10.3. The summed E-state index contributed by atoms with van der Waals surface area (Å²) in [6.07, 6.45) is 2.17. The largest absolute Gasteiger partial charge is 0.491 e. The number of carbonyl (C=O) groups excluding carboxylic acids is 1. The minimum absolute atomic E-state index is 0.331. The van der Waals surface area contributed by atoms with E-state index in [0.717, 1.165) is 11.3 Å². The van der Waals surface area contributed by atoms with E-state index < -0.39 is 5.91 Å². The van der Waals surface area contributed by atoms with E-state index >= 15 is 0 Å². The van der Waals surface area contributed by atoms with Gasteiger partial charge >= 0.3 is 0 Å². The fourth-order valence-electron chi connectivity index (χ4n) is 2.80. The monoisotopic (exact) mass is 439 g/mol. The molecule has 7 nitrogen and oxygen atoms in total. The second kappa shape index (κ2) is 8.98. The molecule has 0 unspecified atom stereocenters. The molecule has 2 heterocycles. The van der Waals surface area contributed by atoms with Crippen LogP contribution in [0.25, 0.3) is 5.00 Å². The zero-order valence-electron chi connectivity index (χ0n) is 15.8. The van der Waals surface area contributed by atoms with E-state index in [9.17, 15) is 4.79 Å². The first kappa shape index (κ1) is 19.9. The third-order valence-corrected chi connectivity index (χ3v) is 5.73. The number of aromatic nitrogens is 3. The quantitative estimate of drug-likeness (QED) is 0.423. The molecule has 1 amide bonds. The van der Waals surface area contributed by atoms with Crippen molar-refractivity contribution in [3.8, 4) is 10.8 Å². The van der Waals surface area contributed by atoms with Gasteiger partial charge in [-0.25, -0.2) is 4.68 Å². The Morgan fingerprint density at radius 1 is 1.17 bits per heavy atom. The summed E-state index contributed by atoms with van der Waals surface area (Å²) in [6, 6.07) is 18.9. The number of ether oxygens (including phenoxy) is 1. The van der Waals surface area contributed by atoms with Gasteiger partial charge < -0.3 is 15.8 Å². The summed E-state index contributed by atoms with van der Waals surface area (Å²) in [5, 5.41) is 8.89. The van der Waals surface area contributed by atoms with E-state index in [-0.39, 0.29) is 0 Å². The number of halogens is 1. The summed E-state index contributed by atoms with van der Waals surface area (Å²) in [4.78, 5) is 16.5. The number of primary amides is 1. The Kier molecular flexibility index (Phi) is 5.97. The average molecular weight is 440 g/mol. The van der Waals surface area contributed by atoms with Crippen LogP contribution in [0.1, 0.15) is 15.2 Å². The lowest BCUT2D eigenvalue weighted by molar-refractivity contribution is 0.100. The van der Waals surface area contributed by atoms with Crippen LogP contribution in [-0.2, 0) is 6.42 Å². The van der Waals surface area contributed by atoms with Gasteiger partial charge in [-0.15, -0.1) is 16.4 Å². The third kappa shape index (κ3) is 4.61. The van der Waals surface area contributed by atoms with Gasteiger partial charge in [-0.2, -0.15) is 4.98 Å². The van der Waals surface area contributed by atoms with E-state index in [0.29, 0.717) is 39.6 Å². The number of thiophene rings is 1. The van der Waals surface area contributed by atoms with Gasteiger partial charge in [0.1, 0.15) is 22.0 Å². The summed E-state index contributed by atoms with van der Waals surface area (Å²) in [5.41, 5.74) is 7.39. The topological polar surface area (TPSA) is 95.1 Å². The Morgan fingerprint density at radius 2 is 1.93 bits per heavy atom. The van der Waals surface area contributed by atoms with Crippen LogP contribution in [0.2, 0.25) is 5.02 Å². The number of carbonyl (C=O) groups is 1. The standard InChI is InChI=1S/C21H18ClN5O2S/c22-16-9-5-4-6-14(16)10-11-29-17-12-18(30-19(17)20(23)28)27-13-24-21(26-27)25-15-7-2-1-3-8-15/h1-9,12-13H,10-11H2,(H2,23,28)(H,25,26). The second-order valence-electron chi connectivity index (χ2n) is 6.34. The van der Waals surface area contributed by atoms with Crippen molar-refractivity contribution in [2.75, 3.05) is 11.9 Å². The Morgan fingerprint density at radius 3 is 2.70 bits per heavy atom. The highest BCUT2D eigenvalue weighted by Crippen LogP contribution is 2.32. The first-order chi connectivity index (χ1) is 14.6. The van der Waals surface area contributed by atoms with Crippen LogP contribution in [0.4, 0.5) is 11.6 Å². The van der Waals surface area contributed by atoms with Crippen molar-refractivity contribution in [2.24, 2.45) is 5.73 Å². The zero-order valence-corrected chi connectivity index (χ0v) is 17.4. The van der Waals surface area contributed by atoms with Crippen molar-refractivity contribution in [3.63, 3.8) is 0 Å². The highest BCUT2D eigenvalue weighted by atomic mass is 35.5. The van der Waals surface area contributed by atoms with Crippen molar-refractivity contribution in [1.82, 2.24) is 14.8 Å². The van der Waals surface area contributed by atoms with Crippen LogP contribution in [0, 0.1) is 0 Å². The minimum Gasteiger partial charge on any atom is -0.491 e. The molecule has 2 aromatic carbocycles. The molecule has 0 atom stereocenters. The molecule has 2 aromatic heterocycles. The molecular formula is C21H18ClN5O2S. The molecule has 0 saturated carbocycles. The highest BCUT2D eigenvalue weighted by Gasteiger charge is 2.17. The number of amides is 1. The molecule has 4 aromatic rings. The molecule has 0 saturated heterocycles. The number of benzene rings is 2. The van der Waals surface area contributed by atoms with Gasteiger partial charge in [0.05, 0.1) is 6.61 Å². The lowest BCUT2D eigenvalue weighted by Gasteiger charge is -2.07. The van der Waals surface area contributed by atoms with Crippen molar-refractivity contribution in [3.05, 3.63) is 82.5 Å². The van der Waals surface area contributed by atoms with Gasteiger partial charge in [0, 0.05) is 23.2 Å².